The fourth-order valence-electron chi connectivity index (χ4n) is 2.06. The molecule has 20 heavy (non-hydrogen) atoms. The van der Waals surface area contributed by atoms with Crippen molar-refractivity contribution in [3.63, 3.8) is 0 Å². The second kappa shape index (κ2) is 7.46. The Morgan fingerprint density at radius 1 is 1.15 bits per heavy atom. The maximum atomic E-state index is 4.60. The number of thioether (sulfide) groups is 1. The molecule has 3 heteroatoms. The van der Waals surface area contributed by atoms with Crippen molar-refractivity contribution in [3.8, 4) is 0 Å². The molecular formula is C17H22N2S. The number of aryl methyl sites for hydroxylation is 2. The van der Waals surface area contributed by atoms with Crippen LogP contribution in [0, 0.1) is 13.8 Å². The molecule has 0 radical (unpaired) electrons. The van der Waals surface area contributed by atoms with Crippen LogP contribution in [0.5, 0.6) is 0 Å². The lowest BCUT2D eigenvalue weighted by molar-refractivity contribution is 0.721. The van der Waals surface area contributed by atoms with Crippen molar-refractivity contribution in [2.45, 2.75) is 38.1 Å². The first-order valence-electron chi connectivity index (χ1n) is 7.04. The van der Waals surface area contributed by atoms with Crippen molar-refractivity contribution in [1.29, 1.82) is 0 Å². The van der Waals surface area contributed by atoms with E-state index in [4.69, 9.17) is 0 Å². The summed E-state index contributed by atoms with van der Waals surface area (Å²) in [5, 5.41) is 4.46. The third-order valence-electron chi connectivity index (χ3n) is 3.29. The number of benzene rings is 1. The fourth-order valence-corrected chi connectivity index (χ4v) is 3.09. The largest absolute Gasteiger partial charge is 0.313 e. The Balaban J connectivity index is 2.01. The lowest BCUT2D eigenvalue weighted by atomic mass is 10.1. The van der Waals surface area contributed by atoms with Gasteiger partial charge in [0.15, 0.2) is 0 Å². The van der Waals surface area contributed by atoms with Gasteiger partial charge in [-0.25, -0.2) is 4.98 Å². The summed E-state index contributed by atoms with van der Waals surface area (Å²) in [5.41, 5.74) is 5.25. The Hall–Kier alpha value is -1.32. The molecule has 1 aromatic heterocycles. The normalized spacial score (nSPS) is 10.8. The SMILES string of the molecule is CCNCc1cnc(SCc2ccccc2C)c(C)c1. The zero-order valence-corrected chi connectivity index (χ0v) is 13.3. The first-order chi connectivity index (χ1) is 9.70. The molecule has 0 saturated carbocycles. The third kappa shape index (κ3) is 4.09. The monoisotopic (exact) mass is 286 g/mol. The van der Waals surface area contributed by atoms with Crippen molar-refractivity contribution in [2.24, 2.45) is 0 Å². The van der Waals surface area contributed by atoms with Crippen LogP contribution < -0.4 is 5.32 Å². The van der Waals surface area contributed by atoms with Gasteiger partial charge >= 0.3 is 0 Å². The lowest BCUT2D eigenvalue weighted by Crippen LogP contribution is -2.12. The summed E-state index contributed by atoms with van der Waals surface area (Å²) in [6.45, 7) is 8.31. The van der Waals surface area contributed by atoms with Gasteiger partial charge in [-0.05, 0) is 42.6 Å². The van der Waals surface area contributed by atoms with E-state index in [1.807, 2.05) is 18.0 Å². The van der Waals surface area contributed by atoms with E-state index in [1.54, 1.807) is 0 Å². The van der Waals surface area contributed by atoms with Gasteiger partial charge in [-0.15, -0.1) is 11.8 Å². The first kappa shape index (κ1) is 15.1. The molecule has 2 aromatic rings. The van der Waals surface area contributed by atoms with Crippen molar-refractivity contribution in [2.75, 3.05) is 6.54 Å². The van der Waals surface area contributed by atoms with E-state index in [0.29, 0.717) is 0 Å². The maximum Gasteiger partial charge on any atom is 0.0992 e. The molecule has 0 unspecified atom stereocenters. The summed E-state index contributed by atoms with van der Waals surface area (Å²) in [6.07, 6.45) is 1.98. The highest BCUT2D eigenvalue weighted by atomic mass is 32.2. The van der Waals surface area contributed by atoms with Gasteiger partial charge in [-0.2, -0.15) is 0 Å². The highest BCUT2D eigenvalue weighted by Gasteiger charge is 2.04. The molecule has 0 aliphatic heterocycles. The van der Waals surface area contributed by atoms with Gasteiger partial charge in [0.2, 0.25) is 0 Å². The number of hydrogen-bond acceptors (Lipinski definition) is 3. The van der Waals surface area contributed by atoms with Crippen LogP contribution in [0.3, 0.4) is 0 Å². The van der Waals surface area contributed by atoms with Gasteiger partial charge in [0.05, 0.1) is 5.03 Å². The number of rotatable bonds is 6. The molecule has 0 aliphatic carbocycles. The second-order valence-electron chi connectivity index (χ2n) is 4.96. The number of nitrogens with zero attached hydrogens (tertiary/aromatic N) is 1. The highest BCUT2D eigenvalue weighted by molar-refractivity contribution is 7.98. The number of hydrogen-bond donors (Lipinski definition) is 1. The van der Waals surface area contributed by atoms with E-state index in [9.17, 15) is 0 Å². The van der Waals surface area contributed by atoms with Gasteiger partial charge in [-0.3, -0.25) is 0 Å². The average Bonchev–Trinajstić information content (AvgIpc) is 2.45. The van der Waals surface area contributed by atoms with Crippen LogP contribution in [0.1, 0.15) is 29.2 Å². The lowest BCUT2D eigenvalue weighted by Gasteiger charge is -2.09. The minimum Gasteiger partial charge on any atom is -0.313 e. The standard InChI is InChI=1S/C17H22N2S/c1-4-18-10-15-9-14(3)17(19-11-15)20-12-16-8-6-5-7-13(16)2/h5-9,11,18H,4,10,12H2,1-3H3. The summed E-state index contributed by atoms with van der Waals surface area (Å²) in [6, 6.07) is 10.8. The molecule has 0 saturated heterocycles. The number of aromatic nitrogens is 1. The summed E-state index contributed by atoms with van der Waals surface area (Å²) in [4.78, 5) is 4.60. The Bertz CT molecular complexity index is 567. The van der Waals surface area contributed by atoms with Crippen LogP contribution in [-0.2, 0) is 12.3 Å². The second-order valence-corrected chi connectivity index (χ2v) is 5.93. The van der Waals surface area contributed by atoms with Crippen LogP contribution in [0.15, 0.2) is 41.6 Å². The van der Waals surface area contributed by atoms with Crippen LogP contribution >= 0.6 is 11.8 Å². The van der Waals surface area contributed by atoms with Crippen LogP contribution in [0.2, 0.25) is 0 Å². The Morgan fingerprint density at radius 2 is 1.95 bits per heavy atom. The molecule has 0 aliphatic rings. The Morgan fingerprint density at radius 3 is 2.65 bits per heavy atom. The van der Waals surface area contributed by atoms with E-state index < -0.39 is 0 Å². The Kier molecular flexibility index (Phi) is 5.62. The molecule has 0 fully saturated rings. The molecule has 106 valence electrons. The minimum atomic E-state index is 0.896. The molecular weight excluding hydrogens is 264 g/mol. The molecule has 1 heterocycles. The van der Waals surface area contributed by atoms with Gasteiger partial charge in [0.1, 0.15) is 0 Å². The average molecular weight is 286 g/mol. The molecule has 1 N–H and O–H groups in total. The van der Waals surface area contributed by atoms with Crippen LogP contribution in [-0.4, -0.2) is 11.5 Å². The number of pyridine rings is 1. The van der Waals surface area contributed by atoms with E-state index >= 15 is 0 Å². The maximum absolute atomic E-state index is 4.60. The number of nitrogens with one attached hydrogen (secondary N) is 1. The van der Waals surface area contributed by atoms with Crippen molar-refractivity contribution in [3.05, 3.63) is 58.8 Å². The van der Waals surface area contributed by atoms with Crippen molar-refractivity contribution in [1.82, 2.24) is 10.3 Å². The molecule has 2 rings (SSSR count). The smallest absolute Gasteiger partial charge is 0.0992 e. The molecule has 0 spiro atoms. The van der Waals surface area contributed by atoms with E-state index in [0.717, 1.165) is 23.9 Å². The predicted molar refractivity (Wildman–Crippen MR) is 87.1 cm³/mol. The molecule has 0 atom stereocenters. The molecule has 1 aromatic carbocycles. The molecule has 2 nitrogen and oxygen atoms in total. The first-order valence-corrected chi connectivity index (χ1v) is 8.02. The van der Waals surface area contributed by atoms with Gasteiger partial charge in [0, 0.05) is 18.5 Å². The summed E-state index contributed by atoms with van der Waals surface area (Å²) in [5.74, 6) is 0.979. The molecule has 0 bridgehead atoms. The van der Waals surface area contributed by atoms with Crippen LogP contribution in [0.4, 0.5) is 0 Å². The topological polar surface area (TPSA) is 24.9 Å². The predicted octanol–water partition coefficient (Wildman–Crippen LogP) is 4.10. The van der Waals surface area contributed by atoms with E-state index in [1.165, 1.54) is 22.3 Å². The van der Waals surface area contributed by atoms with E-state index in [2.05, 4.69) is 61.4 Å². The Labute approximate surface area is 126 Å². The fraction of sp³-hybridized carbons (Fsp3) is 0.353. The van der Waals surface area contributed by atoms with Gasteiger partial charge in [-0.1, -0.05) is 37.3 Å². The zero-order valence-electron chi connectivity index (χ0n) is 12.4. The summed E-state index contributed by atoms with van der Waals surface area (Å²) >= 11 is 1.82. The highest BCUT2D eigenvalue weighted by Crippen LogP contribution is 2.25. The molecule has 0 amide bonds. The zero-order chi connectivity index (χ0) is 14.4. The van der Waals surface area contributed by atoms with Gasteiger partial charge in [0.25, 0.3) is 0 Å². The summed E-state index contributed by atoms with van der Waals surface area (Å²) in [7, 11) is 0. The van der Waals surface area contributed by atoms with Crippen molar-refractivity contribution >= 4 is 11.8 Å². The van der Waals surface area contributed by atoms with Gasteiger partial charge < -0.3 is 5.32 Å². The summed E-state index contributed by atoms with van der Waals surface area (Å²) < 4.78 is 0. The quantitative estimate of drug-likeness (QED) is 0.809. The van der Waals surface area contributed by atoms with Crippen molar-refractivity contribution < 1.29 is 0 Å². The van der Waals surface area contributed by atoms with Crippen LogP contribution in [0.25, 0.3) is 0 Å². The third-order valence-corrected chi connectivity index (χ3v) is 4.45. The minimum absolute atomic E-state index is 0.896. The van der Waals surface area contributed by atoms with E-state index in [-0.39, 0.29) is 0 Å².